The number of rotatable bonds is 3. The van der Waals surface area contributed by atoms with Crippen LogP contribution in [0.5, 0.6) is 5.75 Å². The average Bonchev–Trinajstić information content (AvgIpc) is 2.64. The van der Waals surface area contributed by atoms with Crippen LogP contribution in [0.4, 0.5) is 11.4 Å². The summed E-state index contributed by atoms with van der Waals surface area (Å²) in [5, 5.41) is 5.03. The molecule has 0 fully saturated rings. The van der Waals surface area contributed by atoms with Gasteiger partial charge in [0.25, 0.3) is 5.91 Å². The highest BCUT2D eigenvalue weighted by molar-refractivity contribution is 6.05. The normalized spacial score (nSPS) is 13.3. The van der Waals surface area contributed by atoms with Crippen molar-refractivity contribution in [2.75, 3.05) is 23.4 Å². The molecule has 3 aromatic carbocycles. The number of carbonyl (C=O) groups excluding carboxylic acids is 2. The average molecular weight is 346 g/mol. The summed E-state index contributed by atoms with van der Waals surface area (Å²) < 4.78 is 5.45. The fourth-order valence-corrected chi connectivity index (χ4v) is 3.10. The molecular weight excluding hydrogens is 328 g/mol. The first kappa shape index (κ1) is 16.1. The van der Waals surface area contributed by atoms with Gasteiger partial charge < -0.3 is 10.1 Å². The Kier molecular flexibility index (Phi) is 4.05. The summed E-state index contributed by atoms with van der Waals surface area (Å²) in [4.78, 5) is 26.2. The van der Waals surface area contributed by atoms with Crippen molar-refractivity contribution in [3.05, 3.63) is 66.2 Å². The first-order chi connectivity index (χ1) is 12.6. The molecule has 0 spiro atoms. The molecule has 0 aliphatic carbocycles. The highest BCUT2D eigenvalue weighted by atomic mass is 16.5. The van der Waals surface area contributed by atoms with Crippen molar-refractivity contribution in [1.29, 1.82) is 0 Å². The molecule has 130 valence electrons. The second-order valence-electron chi connectivity index (χ2n) is 6.35. The van der Waals surface area contributed by atoms with Crippen LogP contribution in [0.3, 0.4) is 0 Å². The molecule has 4 rings (SSSR count). The lowest BCUT2D eigenvalue weighted by atomic mass is 10.1. The van der Waals surface area contributed by atoms with E-state index in [-0.39, 0.29) is 25.0 Å². The van der Waals surface area contributed by atoms with Crippen molar-refractivity contribution in [3.63, 3.8) is 0 Å². The molecule has 0 saturated heterocycles. The number of ether oxygens (including phenoxy) is 1. The molecule has 0 atom stereocenters. The Morgan fingerprint density at radius 3 is 2.73 bits per heavy atom. The van der Waals surface area contributed by atoms with Gasteiger partial charge in [0.2, 0.25) is 5.91 Å². The minimum atomic E-state index is -0.247. The number of hydrogen-bond donors (Lipinski definition) is 1. The van der Waals surface area contributed by atoms with Gasteiger partial charge in [0.15, 0.2) is 6.61 Å². The van der Waals surface area contributed by atoms with Gasteiger partial charge >= 0.3 is 0 Å². The summed E-state index contributed by atoms with van der Waals surface area (Å²) in [6, 6.07) is 19.3. The molecular formula is C21H18N2O3. The largest absolute Gasteiger partial charge is 0.482 e. The Balaban J connectivity index is 1.54. The second-order valence-corrected chi connectivity index (χ2v) is 6.35. The number of nitrogens with zero attached hydrogens (tertiary/aromatic N) is 1. The van der Waals surface area contributed by atoms with Crippen LogP contribution in [-0.4, -0.2) is 25.0 Å². The highest BCUT2D eigenvalue weighted by Gasteiger charge is 2.27. The van der Waals surface area contributed by atoms with Crippen LogP contribution in [0.2, 0.25) is 0 Å². The van der Waals surface area contributed by atoms with E-state index in [1.807, 2.05) is 67.6 Å². The molecule has 0 aromatic heterocycles. The van der Waals surface area contributed by atoms with Gasteiger partial charge in [-0.25, -0.2) is 0 Å². The first-order valence-electron chi connectivity index (χ1n) is 8.43. The fourth-order valence-electron chi connectivity index (χ4n) is 3.10. The maximum Gasteiger partial charge on any atom is 0.265 e. The van der Waals surface area contributed by atoms with Gasteiger partial charge in [-0.05, 0) is 47.5 Å². The number of carbonyl (C=O) groups is 2. The minimum absolute atomic E-state index is 0.0501. The zero-order valence-corrected chi connectivity index (χ0v) is 14.4. The van der Waals surface area contributed by atoms with Gasteiger partial charge in [0, 0.05) is 5.69 Å². The van der Waals surface area contributed by atoms with Crippen LogP contribution in [-0.2, 0) is 9.59 Å². The zero-order chi connectivity index (χ0) is 18.1. The summed E-state index contributed by atoms with van der Waals surface area (Å²) in [5.41, 5.74) is 2.34. The van der Waals surface area contributed by atoms with E-state index in [0.717, 1.165) is 16.3 Å². The number of fused-ring (bicyclic) bond motifs is 2. The third-order valence-electron chi connectivity index (χ3n) is 4.39. The maximum absolute atomic E-state index is 12.5. The molecule has 0 bridgehead atoms. The zero-order valence-electron chi connectivity index (χ0n) is 14.4. The molecule has 0 saturated carbocycles. The van der Waals surface area contributed by atoms with Crippen LogP contribution < -0.4 is 15.0 Å². The molecule has 26 heavy (non-hydrogen) atoms. The van der Waals surface area contributed by atoms with E-state index < -0.39 is 0 Å². The lowest BCUT2D eigenvalue weighted by Crippen LogP contribution is -2.43. The topological polar surface area (TPSA) is 58.6 Å². The molecule has 2 amide bonds. The van der Waals surface area contributed by atoms with E-state index in [4.69, 9.17) is 4.74 Å². The number of amides is 2. The molecule has 0 unspecified atom stereocenters. The van der Waals surface area contributed by atoms with Gasteiger partial charge in [-0.1, -0.05) is 36.4 Å². The Morgan fingerprint density at radius 1 is 1.08 bits per heavy atom. The van der Waals surface area contributed by atoms with E-state index in [9.17, 15) is 9.59 Å². The molecule has 1 heterocycles. The van der Waals surface area contributed by atoms with E-state index in [1.54, 1.807) is 0 Å². The molecule has 5 nitrogen and oxygen atoms in total. The molecule has 3 aromatic rings. The standard InChI is InChI=1S/C21H18N2O3/c1-14-6-9-19-18(10-14)23(21(25)13-26-19)12-20(24)22-17-8-7-15-4-2-3-5-16(15)11-17/h2-11H,12-13H2,1H3,(H,22,24). The van der Waals surface area contributed by atoms with Crippen molar-refractivity contribution < 1.29 is 14.3 Å². The molecule has 1 aliphatic heterocycles. The van der Waals surface area contributed by atoms with Crippen molar-refractivity contribution >= 4 is 34.0 Å². The van der Waals surface area contributed by atoms with Gasteiger partial charge in [-0.2, -0.15) is 0 Å². The highest BCUT2D eigenvalue weighted by Crippen LogP contribution is 2.32. The Morgan fingerprint density at radius 2 is 1.88 bits per heavy atom. The monoisotopic (exact) mass is 346 g/mol. The van der Waals surface area contributed by atoms with Gasteiger partial charge in [-0.3, -0.25) is 14.5 Å². The Hall–Kier alpha value is -3.34. The Bertz CT molecular complexity index is 1010. The lowest BCUT2D eigenvalue weighted by Gasteiger charge is -2.29. The quantitative estimate of drug-likeness (QED) is 0.789. The van der Waals surface area contributed by atoms with Crippen LogP contribution in [0.1, 0.15) is 5.56 Å². The van der Waals surface area contributed by atoms with Crippen molar-refractivity contribution in [2.24, 2.45) is 0 Å². The number of hydrogen-bond acceptors (Lipinski definition) is 3. The van der Waals surface area contributed by atoms with Gasteiger partial charge in [0.1, 0.15) is 12.3 Å². The molecule has 5 heteroatoms. The predicted molar refractivity (Wildman–Crippen MR) is 102 cm³/mol. The third-order valence-corrected chi connectivity index (χ3v) is 4.39. The van der Waals surface area contributed by atoms with Crippen LogP contribution in [0, 0.1) is 6.92 Å². The van der Waals surface area contributed by atoms with E-state index in [1.165, 1.54) is 4.90 Å². The molecule has 1 aliphatic rings. The van der Waals surface area contributed by atoms with Crippen molar-refractivity contribution in [2.45, 2.75) is 6.92 Å². The predicted octanol–water partition coefficient (Wildman–Crippen LogP) is 3.51. The summed E-state index contributed by atoms with van der Waals surface area (Å²) >= 11 is 0. The number of benzene rings is 3. The second kappa shape index (κ2) is 6.52. The van der Waals surface area contributed by atoms with E-state index >= 15 is 0 Å². The fraction of sp³-hybridized carbons (Fsp3) is 0.143. The van der Waals surface area contributed by atoms with Crippen LogP contribution in [0.25, 0.3) is 10.8 Å². The van der Waals surface area contributed by atoms with Gasteiger partial charge in [0.05, 0.1) is 5.69 Å². The van der Waals surface area contributed by atoms with E-state index in [2.05, 4.69) is 5.32 Å². The summed E-state index contributed by atoms with van der Waals surface area (Å²) in [5.74, 6) is 0.147. The molecule has 0 radical (unpaired) electrons. The maximum atomic E-state index is 12.5. The van der Waals surface area contributed by atoms with Gasteiger partial charge in [-0.15, -0.1) is 0 Å². The summed E-state index contributed by atoms with van der Waals surface area (Å²) in [6.45, 7) is 1.83. The lowest BCUT2D eigenvalue weighted by molar-refractivity contribution is -0.123. The van der Waals surface area contributed by atoms with Crippen LogP contribution >= 0.6 is 0 Å². The smallest absolute Gasteiger partial charge is 0.265 e. The SMILES string of the molecule is Cc1ccc2c(c1)N(CC(=O)Nc1ccc3ccccc3c1)C(=O)CO2. The van der Waals surface area contributed by atoms with E-state index in [0.29, 0.717) is 17.1 Å². The Labute approximate surface area is 151 Å². The number of aryl methyl sites for hydroxylation is 1. The third kappa shape index (κ3) is 3.11. The summed E-state index contributed by atoms with van der Waals surface area (Å²) in [6.07, 6.45) is 0. The van der Waals surface area contributed by atoms with Crippen LogP contribution in [0.15, 0.2) is 60.7 Å². The summed E-state index contributed by atoms with van der Waals surface area (Å²) in [7, 11) is 0. The minimum Gasteiger partial charge on any atom is -0.482 e. The van der Waals surface area contributed by atoms with Crippen molar-refractivity contribution in [3.8, 4) is 5.75 Å². The van der Waals surface area contributed by atoms with Crippen molar-refractivity contribution in [1.82, 2.24) is 0 Å². The number of anilines is 2. The number of nitrogens with one attached hydrogen (secondary N) is 1. The first-order valence-corrected chi connectivity index (χ1v) is 8.43. The molecule has 1 N–H and O–H groups in total.